The van der Waals surface area contributed by atoms with Gasteiger partial charge in [-0.25, -0.2) is 0 Å². The van der Waals surface area contributed by atoms with Crippen molar-refractivity contribution in [3.8, 4) is 0 Å². The lowest BCUT2D eigenvalue weighted by Gasteiger charge is -2.45. The van der Waals surface area contributed by atoms with E-state index in [9.17, 15) is 0 Å². The second-order valence-corrected chi connectivity index (χ2v) is 7.24. The molecule has 1 aliphatic carbocycles. The lowest BCUT2D eigenvalue weighted by atomic mass is 9.92. The molecule has 3 rings (SSSR count). The molecule has 116 valence electrons. The standard InChI is InChI=1S/C17H33N3/c1-18-17-9-4-2-3-7-15(17)13-19-11-12-20-10-6-5-8-16(20)14-19/h15-18H,2-14H2,1H3. The topological polar surface area (TPSA) is 18.5 Å². The minimum Gasteiger partial charge on any atom is -0.317 e. The lowest BCUT2D eigenvalue weighted by molar-refractivity contribution is 0.0380. The smallest absolute Gasteiger partial charge is 0.0223 e. The molecule has 3 unspecified atom stereocenters. The molecule has 0 aromatic heterocycles. The molecular weight excluding hydrogens is 246 g/mol. The van der Waals surface area contributed by atoms with Gasteiger partial charge in [-0.15, -0.1) is 0 Å². The first kappa shape index (κ1) is 14.8. The summed E-state index contributed by atoms with van der Waals surface area (Å²) in [6.45, 7) is 6.68. The first-order valence-corrected chi connectivity index (χ1v) is 9.00. The summed E-state index contributed by atoms with van der Waals surface area (Å²) in [6.07, 6.45) is 11.5. The van der Waals surface area contributed by atoms with E-state index < -0.39 is 0 Å². The molecule has 0 spiro atoms. The van der Waals surface area contributed by atoms with Crippen molar-refractivity contribution in [2.45, 2.75) is 63.5 Å². The largest absolute Gasteiger partial charge is 0.317 e. The lowest BCUT2D eigenvalue weighted by Crippen LogP contribution is -2.56. The summed E-state index contributed by atoms with van der Waals surface area (Å²) in [6, 6.07) is 1.64. The highest BCUT2D eigenvalue weighted by Crippen LogP contribution is 2.26. The van der Waals surface area contributed by atoms with Crippen LogP contribution in [0.2, 0.25) is 0 Å². The Bertz CT molecular complexity index is 294. The average Bonchev–Trinajstić information content (AvgIpc) is 2.72. The highest BCUT2D eigenvalue weighted by atomic mass is 15.3. The fourth-order valence-corrected chi connectivity index (χ4v) is 4.70. The predicted octanol–water partition coefficient (Wildman–Crippen LogP) is 2.32. The maximum absolute atomic E-state index is 3.60. The zero-order chi connectivity index (χ0) is 13.8. The SMILES string of the molecule is CNC1CCCCCC1CN1CCN2CCCCC2C1. The number of nitrogens with one attached hydrogen (secondary N) is 1. The number of fused-ring (bicyclic) bond motifs is 1. The number of hydrogen-bond donors (Lipinski definition) is 1. The Kier molecular flexibility index (Phi) is 5.36. The second kappa shape index (κ2) is 7.24. The predicted molar refractivity (Wildman–Crippen MR) is 85.1 cm³/mol. The number of rotatable bonds is 3. The zero-order valence-corrected chi connectivity index (χ0v) is 13.3. The van der Waals surface area contributed by atoms with E-state index in [2.05, 4.69) is 22.2 Å². The van der Waals surface area contributed by atoms with Crippen molar-refractivity contribution < 1.29 is 0 Å². The van der Waals surface area contributed by atoms with Crippen LogP contribution in [-0.4, -0.2) is 61.7 Å². The van der Waals surface area contributed by atoms with E-state index in [1.54, 1.807) is 0 Å². The molecule has 1 saturated carbocycles. The number of hydrogen-bond acceptors (Lipinski definition) is 3. The number of piperazine rings is 1. The molecule has 3 atom stereocenters. The van der Waals surface area contributed by atoms with Crippen molar-refractivity contribution in [3.05, 3.63) is 0 Å². The van der Waals surface area contributed by atoms with Gasteiger partial charge in [-0.3, -0.25) is 4.90 Å². The molecule has 2 aliphatic heterocycles. The van der Waals surface area contributed by atoms with Crippen LogP contribution in [0.1, 0.15) is 51.4 Å². The summed E-state index contributed by atoms with van der Waals surface area (Å²) < 4.78 is 0. The maximum Gasteiger partial charge on any atom is 0.0223 e. The molecule has 0 amide bonds. The fourth-order valence-electron chi connectivity index (χ4n) is 4.70. The quantitative estimate of drug-likeness (QED) is 0.800. The van der Waals surface area contributed by atoms with Gasteiger partial charge in [-0.05, 0) is 45.2 Å². The fraction of sp³-hybridized carbons (Fsp3) is 1.00. The molecule has 3 nitrogen and oxygen atoms in total. The molecule has 0 radical (unpaired) electrons. The Balaban J connectivity index is 1.53. The third-order valence-corrected chi connectivity index (χ3v) is 5.94. The van der Waals surface area contributed by atoms with Gasteiger partial charge in [0, 0.05) is 38.3 Å². The minimum atomic E-state index is 0.766. The van der Waals surface area contributed by atoms with Gasteiger partial charge in [0.25, 0.3) is 0 Å². The summed E-state index contributed by atoms with van der Waals surface area (Å²) >= 11 is 0. The van der Waals surface area contributed by atoms with Gasteiger partial charge in [-0.1, -0.05) is 25.7 Å². The summed E-state index contributed by atoms with van der Waals surface area (Å²) in [5.74, 6) is 0.887. The van der Waals surface area contributed by atoms with E-state index in [0.29, 0.717) is 0 Å². The summed E-state index contributed by atoms with van der Waals surface area (Å²) in [5, 5.41) is 3.60. The molecule has 3 fully saturated rings. The first-order valence-electron chi connectivity index (χ1n) is 9.00. The summed E-state index contributed by atoms with van der Waals surface area (Å²) in [4.78, 5) is 5.54. The highest BCUT2D eigenvalue weighted by molar-refractivity contribution is 4.88. The van der Waals surface area contributed by atoms with Crippen LogP contribution < -0.4 is 5.32 Å². The minimum absolute atomic E-state index is 0.766. The Labute approximate surface area is 125 Å². The molecule has 1 N–H and O–H groups in total. The second-order valence-electron chi connectivity index (χ2n) is 7.24. The van der Waals surface area contributed by atoms with Crippen molar-refractivity contribution in [1.82, 2.24) is 15.1 Å². The van der Waals surface area contributed by atoms with E-state index >= 15 is 0 Å². The first-order chi connectivity index (χ1) is 9.86. The van der Waals surface area contributed by atoms with Crippen LogP contribution in [0.5, 0.6) is 0 Å². The normalized spacial score (nSPS) is 37.4. The summed E-state index contributed by atoms with van der Waals surface area (Å²) in [5.41, 5.74) is 0. The van der Waals surface area contributed by atoms with Crippen LogP contribution in [0.25, 0.3) is 0 Å². The van der Waals surface area contributed by atoms with Crippen molar-refractivity contribution >= 4 is 0 Å². The van der Waals surface area contributed by atoms with E-state index in [4.69, 9.17) is 0 Å². The molecule has 0 aromatic rings. The van der Waals surface area contributed by atoms with Crippen LogP contribution >= 0.6 is 0 Å². The third-order valence-electron chi connectivity index (χ3n) is 5.94. The monoisotopic (exact) mass is 279 g/mol. The van der Waals surface area contributed by atoms with Crippen molar-refractivity contribution in [3.63, 3.8) is 0 Å². The molecule has 3 heteroatoms. The third kappa shape index (κ3) is 3.55. The highest BCUT2D eigenvalue weighted by Gasteiger charge is 2.31. The van der Waals surface area contributed by atoms with E-state index in [-0.39, 0.29) is 0 Å². The van der Waals surface area contributed by atoms with Gasteiger partial charge in [0.05, 0.1) is 0 Å². The van der Waals surface area contributed by atoms with Gasteiger partial charge in [-0.2, -0.15) is 0 Å². The Morgan fingerprint density at radius 1 is 0.900 bits per heavy atom. The van der Waals surface area contributed by atoms with Crippen LogP contribution in [0.4, 0.5) is 0 Å². The van der Waals surface area contributed by atoms with Crippen LogP contribution in [0, 0.1) is 5.92 Å². The van der Waals surface area contributed by atoms with Crippen LogP contribution in [-0.2, 0) is 0 Å². The van der Waals surface area contributed by atoms with Crippen molar-refractivity contribution in [2.75, 3.05) is 39.8 Å². The van der Waals surface area contributed by atoms with Crippen LogP contribution in [0.15, 0.2) is 0 Å². The summed E-state index contributed by atoms with van der Waals surface area (Å²) in [7, 11) is 2.17. The molecule has 3 aliphatic rings. The van der Waals surface area contributed by atoms with Gasteiger partial charge in [0.15, 0.2) is 0 Å². The van der Waals surface area contributed by atoms with E-state index in [1.807, 2.05) is 0 Å². The number of piperidine rings is 1. The zero-order valence-electron chi connectivity index (χ0n) is 13.3. The Morgan fingerprint density at radius 3 is 2.65 bits per heavy atom. The molecule has 2 saturated heterocycles. The Hall–Kier alpha value is -0.120. The molecule has 2 heterocycles. The molecule has 20 heavy (non-hydrogen) atoms. The molecule has 0 bridgehead atoms. The van der Waals surface area contributed by atoms with E-state index in [0.717, 1.165) is 18.0 Å². The van der Waals surface area contributed by atoms with Gasteiger partial charge in [0.1, 0.15) is 0 Å². The van der Waals surface area contributed by atoms with Crippen LogP contribution in [0.3, 0.4) is 0 Å². The maximum atomic E-state index is 3.60. The van der Waals surface area contributed by atoms with Crippen molar-refractivity contribution in [1.29, 1.82) is 0 Å². The van der Waals surface area contributed by atoms with Crippen molar-refractivity contribution in [2.24, 2.45) is 5.92 Å². The number of nitrogens with zero attached hydrogens (tertiary/aromatic N) is 2. The van der Waals surface area contributed by atoms with Gasteiger partial charge < -0.3 is 10.2 Å². The molecule has 0 aromatic carbocycles. The van der Waals surface area contributed by atoms with E-state index in [1.165, 1.54) is 84.1 Å². The average molecular weight is 279 g/mol. The van der Waals surface area contributed by atoms with Gasteiger partial charge >= 0.3 is 0 Å². The Morgan fingerprint density at radius 2 is 1.75 bits per heavy atom. The molecular formula is C17H33N3. The van der Waals surface area contributed by atoms with Gasteiger partial charge in [0.2, 0.25) is 0 Å².